The maximum Gasteiger partial charge on any atom is 0.261 e. The fraction of sp³-hybridized carbons (Fsp3) is 0.182. The number of nitrogens with one attached hydrogen (secondary N) is 1. The van der Waals surface area contributed by atoms with Gasteiger partial charge in [0.15, 0.2) is 4.96 Å². The van der Waals surface area contributed by atoms with Crippen molar-refractivity contribution in [3.8, 4) is 0 Å². The quantitative estimate of drug-likeness (QED) is 0.639. The van der Waals surface area contributed by atoms with E-state index in [9.17, 15) is 14.7 Å². The Labute approximate surface area is 120 Å². The minimum Gasteiger partial charge on any atom is -0.381 e. The molecule has 0 bridgehead atoms. The normalized spacial score (nSPS) is 12.8. The fourth-order valence-corrected chi connectivity index (χ4v) is 3.45. The number of aliphatic hydroxyl groups excluding tert-OH is 1. The van der Waals surface area contributed by atoms with E-state index in [1.165, 1.54) is 22.7 Å². The van der Waals surface area contributed by atoms with Crippen molar-refractivity contribution in [3.05, 3.63) is 22.5 Å². The Hall–Kier alpha value is -1.97. The van der Waals surface area contributed by atoms with Crippen LogP contribution in [0.3, 0.4) is 0 Å². The highest BCUT2D eigenvalue weighted by molar-refractivity contribution is 7.21. The van der Waals surface area contributed by atoms with Gasteiger partial charge >= 0.3 is 0 Å². The van der Waals surface area contributed by atoms with Gasteiger partial charge in [-0.25, -0.2) is 4.98 Å². The van der Waals surface area contributed by atoms with Crippen LogP contribution in [-0.2, 0) is 4.79 Å². The molecule has 7 nitrogen and oxygen atoms in total. The summed E-state index contributed by atoms with van der Waals surface area (Å²) in [6.45, 7) is -0.204. The lowest BCUT2D eigenvalue weighted by Gasteiger charge is -2.06. The minimum atomic E-state index is -1.38. The Morgan fingerprint density at radius 2 is 2.35 bits per heavy atom. The molecule has 3 heterocycles. The highest BCUT2D eigenvalue weighted by atomic mass is 32.1. The number of amides is 2. The molecule has 0 saturated carbocycles. The van der Waals surface area contributed by atoms with Crippen molar-refractivity contribution in [2.24, 2.45) is 5.73 Å². The SMILES string of the molecule is NC(=O)C(O)CNC(=O)c1cc2c(nc3sccn32)s1. The smallest absolute Gasteiger partial charge is 0.261 e. The van der Waals surface area contributed by atoms with Crippen molar-refractivity contribution in [1.29, 1.82) is 0 Å². The van der Waals surface area contributed by atoms with E-state index >= 15 is 0 Å². The zero-order valence-corrected chi connectivity index (χ0v) is 11.7. The topological polar surface area (TPSA) is 110 Å². The molecule has 0 aliphatic carbocycles. The predicted molar refractivity (Wildman–Crippen MR) is 76.0 cm³/mol. The van der Waals surface area contributed by atoms with Gasteiger partial charge in [0.05, 0.1) is 16.9 Å². The summed E-state index contributed by atoms with van der Waals surface area (Å²) in [7, 11) is 0. The molecule has 3 aromatic rings. The van der Waals surface area contributed by atoms with Gasteiger partial charge in [0.1, 0.15) is 10.9 Å². The second kappa shape index (κ2) is 4.85. The van der Waals surface area contributed by atoms with Gasteiger partial charge in [-0.15, -0.1) is 22.7 Å². The number of carbonyl (C=O) groups excluding carboxylic acids is 2. The van der Waals surface area contributed by atoms with Gasteiger partial charge in [-0.2, -0.15) is 0 Å². The molecule has 1 atom stereocenters. The number of thiazole rings is 1. The molecule has 0 aliphatic rings. The first-order valence-electron chi connectivity index (χ1n) is 5.67. The molecule has 2 amide bonds. The van der Waals surface area contributed by atoms with Crippen LogP contribution < -0.4 is 11.1 Å². The first kappa shape index (κ1) is 13.0. The molecule has 0 fully saturated rings. The zero-order chi connectivity index (χ0) is 14.3. The summed E-state index contributed by atoms with van der Waals surface area (Å²) in [5, 5.41) is 13.6. The molecule has 0 saturated heterocycles. The molecule has 104 valence electrons. The van der Waals surface area contributed by atoms with Gasteiger partial charge in [0.25, 0.3) is 5.91 Å². The first-order chi connectivity index (χ1) is 9.56. The van der Waals surface area contributed by atoms with E-state index in [4.69, 9.17) is 5.73 Å². The monoisotopic (exact) mass is 310 g/mol. The zero-order valence-electron chi connectivity index (χ0n) is 10.1. The van der Waals surface area contributed by atoms with Crippen LogP contribution in [0.4, 0.5) is 0 Å². The number of hydrogen-bond donors (Lipinski definition) is 3. The van der Waals surface area contributed by atoms with Crippen LogP contribution in [0.2, 0.25) is 0 Å². The van der Waals surface area contributed by atoms with Crippen LogP contribution in [0.25, 0.3) is 15.3 Å². The summed E-state index contributed by atoms with van der Waals surface area (Å²) >= 11 is 2.78. The maximum absolute atomic E-state index is 11.9. The van der Waals surface area contributed by atoms with E-state index in [2.05, 4.69) is 10.3 Å². The van der Waals surface area contributed by atoms with Crippen molar-refractivity contribution < 1.29 is 14.7 Å². The number of aliphatic hydroxyl groups is 1. The molecule has 0 aromatic carbocycles. The standard InChI is InChI=1S/C11H10N4O3S2/c12-8(17)6(16)4-13-9(18)7-3-5-10(20-7)14-11-15(5)1-2-19-11/h1-3,6,16H,4H2,(H2,12,17)(H,13,18). The maximum atomic E-state index is 11.9. The summed E-state index contributed by atoms with van der Waals surface area (Å²) in [4.78, 5) is 29.1. The summed E-state index contributed by atoms with van der Waals surface area (Å²) in [5.74, 6) is -1.23. The lowest BCUT2D eigenvalue weighted by molar-refractivity contribution is -0.125. The number of thiophene rings is 1. The van der Waals surface area contributed by atoms with Crippen LogP contribution in [-0.4, -0.2) is 39.0 Å². The number of nitrogens with zero attached hydrogens (tertiary/aromatic N) is 2. The molecule has 3 aromatic heterocycles. The third-order valence-electron chi connectivity index (χ3n) is 2.75. The number of carbonyl (C=O) groups is 2. The van der Waals surface area contributed by atoms with Crippen molar-refractivity contribution in [1.82, 2.24) is 14.7 Å². The largest absolute Gasteiger partial charge is 0.381 e. The highest BCUT2D eigenvalue weighted by Crippen LogP contribution is 2.28. The van der Waals surface area contributed by atoms with E-state index in [-0.39, 0.29) is 12.5 Å². The minimum absolute atomic E-state index is 0.204. The van der Waals surface area contributed by atoms with E-state index in [0.29, 0.717) is 4.88 Å². The number of nitrogens with two attached hydrogens (primary N) is 1. The molecule has 4 N–H and O–H groups in total. The van der Waals surface area contributed by atoms with Crippen LogP contribution in [0.5, 0.6) is 0 Å². The van der Waals surface area contributed by atoms with Crippen LogP contribution in [0, 0.1) is 0 Å². The molecular formula is C11H10N4O3S2. The lowest BCUT2D eigenvalue weighted by atomic mass is 10.3. The van der Waals surface area contributed by atoms with Crippen LogP contribution in [0.15, 0.2) is 17.6 Å². The molecule has 1 unspecified atom stereocenters. The average Bonchev–Trinajstić information content (AvgIpc) is 3.05. The summed E-state index contributed by atoms with van der Waals surface area (Å²) in [5.41, 5.74) is 5.77. The summed E-state index contributed by atoms with van der Waals surface area (Å²) < 4.78 is 1.91. The van der Waals surface area contributed by atoms with E-state index in [1.807, 2.05) is 16.0 Å². The molecule has 9 heteroatoms. The Morgan fingerprint density at radius 3 is 3.10 bits per heavy atom. The number of aromatic nitrogens is 2. The Bertz CT molecular complexity index is 803. The molecule has 0 aliphatic heterocycles. The van der Waals surface area contributed by atoms with E-state index < -0.39 is 12.0 Å². The third-order valence-corrected chi connectivity index (χ3v) is 4.52. The molecule has 0 radical (unpaired) electrons. The predicted octanol–water partition coefficient (Wildman–Crippen LogP) is 0.187. The van der Waals surface area contributed by atoms with Gasteiger partial charge in [0, 0.05) is 11.6 Å². The number of primary amides is 1. The average molecular weight is 310 g/mol. The number of hydrogen-bond acceptors (Lipinski definition) is 6. The van der Waals surface area contributed by atoms with Crippen molar-refractivity contribution in [3.63, 3.8) is 0 Å². The Balaban J connectivity index is 1.81. The van der Waals surface area contributed by atoms with Gasteiger partial charge in [-0.05, 0) is 6.07 Å². The molecule has 3 rings (SSSR count). The third kappa shape index (κ3) is 2.15. The number of fused-ring (bicyclic) bond motifs is 3. The first-order valence-corrected chi connectivity index (χ1v) is 7.36. The van der Waals surface area contributed by atoms with Gasteiger partial charge in [0.2, 0.25) is 5.91 Å². The van der Waals surface area contributed by atoms with Gasteiger partial charge in [-0.1, -0.05) is 0 Å². The summed E-state index contributed by atoms with van der Waals surface area (Å²) in [6, 6.07) is 1.73. The Morgan fingerprint density at radius 1 is 1.55 bits per heavy atom. The molecule has 20 heavy (non-hydrogen) atoms. The van der Waals surface area contributed by atoms with Gasteiger partial charge < -0.3 is 16.2 Å². The highest BCUT2D eigenvalue weighted by Gasteiger charge is 2.17. The Kier molecular flexibility index (Phi) is 3.16. The van der Waals surface area contributed by atoms with Crippen LogP contribution >= 0.6 is 22.7 Å². The van der Waals surface area contributed by atoms with Crippen molar-refractivity contribution >= 4 is 49.8 Å². The van der Waals surface area contributed by atoms with E-state index in [1.54, 1.807) is 6.07 Å². The molecule has 0 spiro atoms. The molecular weight excluding hydrogens is 300 g/mol. The number of imidazole rings is 1. The number of rotatable bonds is 4. The van der Waals surface area contributed by atoms with Crippen LogP contribution in [0.1, 0.15) is 9.67 Å². The second-order valence-corrected chi connectivity index (χ2v) is 6.00. The van der Waals surface area contributed by atoms with Crippen molar-refractivity contribution in [2.45, 2.75) is 6.10 Å². The van der Waals surface area contributed by atoms with Gasteiger partial charge in [-0.3, -0.25) is 14.0 Å². The fourth-order valence-electron chi connectivity index (χ4n) is 1.74. The lowest BCUT2D eigenvalue weighted by Crippen LogP contribution is -2.39. The van der Waals surface area contributed by atoms with E-state index in [0.717, 1.165) is 15.3 Å². The summed E-state index contributed by atoms with van der Waals surface area (Å²) in [6.07, 6.45) is 0.508. The second-order valence-electron chi connectivity index (χ2n) is 4.10. The van der Waals surface area contributed by atoms with Crippen molar-refractivity contribution in [2.75, 3.05) is 6.54 Å².